The van der Waals surface area contributed by atoms with Crippen molar-refractivity contribution in [2.45, 2.75) is 6.92 Å². The van der Waals surface area contributed by atoms with E-state index in [0.29, 0.717) is 43.3 Å². The monoisotopic (exact) mass is 586 g/mol. The lowest BCUT2D eigenvalue weighted by molar-refractivity contribution is 0.444. The number of hydrogen-bond donors (Lipinski definition) is 0. The van der Waals surface area contributed by atoms with Crippen molar-refractivity contribution in [2.75, 3.05) is 0 Å². The lowest BCUT2D eigenvalue weighted by Crippen LogP contribution is -2.26. The summed E-state index contributed by atoms with van der Waals surface area (Å²) in [5.41, 5.74) is 0. The van der Waals surface area contributed by atoms with Gasteiger partial charge in [-0.1, -0.05) is 152 Å². The van der Waals surface area contributed by atoms with Gasteiger partial charge in [-0.25, -0.2) is 0 Å². The molecular formula is C37H32O3P2. The molecule has 0 N–H and O–H groups in total. The summed E-state index contributed by atoms with van der Waals surface area (Å²) in [6, 6.07) is 45.3. The van der Waals surface area contributed by atoms with E-state index in [0.717, 1.165) is 0 Å². The molecule has 0 aliphatic rings. The quantitative estimate of drug-likeness (QED) is 0.0958. The van der Waals surface area contributed by atoms with Crippen LogP contribution in [-0.4, -0.2) is 0 Å². The molecule has 0 spiro atoms. The molecule has 208 valence electrons. The van der Waals surface area contributed by atoms with E-state index in [1.807, 2.05) is 153 Å². The molecule has 42 heavy (non-hydrogen) atoms. The second kappa shape index (κ2) is 13.0. The molecule has 5 heteroatoms. The maximum atomic E-state index is 15.3. The number of para-hydroxylation sites is 1. The van der Waals surface area contributed by atoms with Crippen molar-refractivity contribution < 1.29 is 13.9 Å². The molecule has 0 aromatic heterocycles. The van der Waals surface area contributed by atoms with Crippen LogP contribution >= 0.6 is 14.3 Å². The fraction of sp³-hybridized carbons (Fsp3) is 0.0270. The first-order valence-electron chi connectivity index (χ1n) is 13.7. The minimum Gasteiger partial charge on any atom is -0.456 e. The number of allylic oxidation sites excluding steroid dienone is 4. The van der Waals surface area contributed by atoms with E-state index in [9.17, 15) is 0 Å². The van der Waals surface area contributed by atoms with E-state index in [2.05, 4.69) is 6.58 Å². The zero-order valence-electron chi connectivity index (χ0n) is 23.4. The molecule has 3 nitrogen and oxygen atoms in total. The third kappa shape index (κ3) is 5.68. The minimum absolute atomic E-state index is 0.408. The van der Waals surface area contributed by atoms with E-state index < -0.39 is 14.3 Å². The van der Waals surface area contributed by atoms with Gasteiger partial charge >= 0.3 is 0 Å². The fourth-order valence-corrected chi connectivity index (χ4v) is 10.4. The SMILES string of the molecule is C=C/C=C\C(Oc1ccccc1P(=O)(c1ccccc1)c1ccccc1)=C(/C)P(=O)(c1ccccc1)c1ccccc1. The second-order valence-electron chi connectivity index (χ2n) is 9.68. The van der Waals surface area contributed by atoms with Crippen LogP contribution in [0.2, 0.25) is 0 Å². The van der Waals surface area contributed by atoms with E-state index >= 15 is 9.13 Å². The maximum Gasteiger partial charge on any atom is 0.174 e. The van der Waals surface area contributed by atoms with Crippen molar-refractivity contribution in [3.8, 4) is 5.75 Å². The summed E-state index contributed by atoms with van der Waals surface area (Å²) in [7, 11) is -6.66. The Kier molecular flexibility index (Phi) is 9.03. The van der Waals surface area contributed by atoms with Gasteiger partial charge in [0.15, 0.2) is 14.3 Å². The van der Waals surface area contributed by atoms with Crippen LogP contribution in [0.5, 0.6) is 5.75 Å². The molecule has 0 amide bonds. The summed E-state index contributed by atoms with van der Waals surface area (Å²) < 4.78 is 37.1. The fourth-order valence-electron chi connectivity index (χ4n) is 4.98. The summed E-state index contributed by atoms with van der Waals surface area (Å²) >= 11 is 0. The largest absolute Gasteiger partial charge is 0.456 e. The predicted molar refractivity (Wildman–Crippen MR) is 178 cm³/mol. The molecule has 0 atom stereocenters. The van der Waals surface area contributed by atoms with Gasteiger partial charge in [0.25, 0.3) is 0 Å². The van der Waals surface area contributed by atoms with Crippen LogP contribution in [0.3, 0.4) is 0 Å². The van der Waals surface area contributed by atoms with E-state index in [1.165, 1.54) is 0 Å². The standard InChI is InChI=1S/C37H32O3P2/c1-3-4-27-35(30(2)41(38,31-19-9-5-10-20-31)32-21-11-6-12-22-32)40-36-28-17-18-29-37(36)42(39,33-23-13-7-14-24-33)34-25-15-8-16-26-34/h3-29H,1H2,2H3/b27-4-,35-30-. The minimum atomic E-state index is -3.34. The van der Waals surface area contributed by atoms with Gasteiger partial charge in [-0.15, -0.1) is 0 Å². The summed E-state index contributed by atoms with van der Waals surface area (Å²) in [4.78, 5) is 0. The highest BCUT2D eigenvalue weighted by atomic mass is 31.2. The number of rotatable bonds is 10. The van der Waals surface area contributed by atoms with Crippen molar-refractivity contribution in [1.29, 1.82) is 0 Å². The smallest absolute Gasteiger partial charge is 0.174 e. The van der Waals surface area contributed by atoms with Gasteiger partial charge in [0, 0.05) is 26.5 Å². The van der Waals surface area contributed by atoms with Crippen LogP contribution in [0.15, 0.2) is 181 Å². The molecule has 0 saturated heterocycles. The summed E-state index contributed by atoms with van der Waals surface area (Å²) in [5, 5.41) is 3.95. The maximum absolute atomic E-state index is 15.3. The molecular weight excluding hydrogens is 554 g/mol. The molecule has 5 aromatic carbocycles. The summed E-state index contributed by atoms with van der Waals surface area (Å²) in [6.45, 7) is 5.68. The lowest BCUT2D eigenvalue weighted by Gasteiger charge is -2.25. The topological polar surface area (TPSA) is 43.4 Å². The molecule has 0 aliphatic heterocycles. The van der Waals surface area contributed by atoms with Crippen LogP contribution in [0, 0.1) is 0 Å². The Morgan fingerprint density at radius 3 is 1.45 bits per heavy atom. The highest BCUT2D eigenvalue weighted by molar-refractivity contribution is 7.85. The average molecular weight is 587 g/mol. The molecule has 0 unspecified atom stereocenters. The highest BCUT2D eigenvalue weighted by Gasteiger charge is 2.35. The van der Waals surface area contributed by atoms with Gasteiger partial charge < -0.3 is 13.9 Å². The van der Waals surface area contributed by atoms with Crippen LogP contribution in [0.4, 0.5) is 0 Å². The molecule has 0 saturated carbocycles. The molecule has 0 fully saturated rings. The number of benzene rings is 5. The molecule has 5 rings (SSSR count). The van der Waals surface area contributed by atoms with E-state index in [-0.39, 0.29) is 0 Å². The highest BCUT2D eigenvalue weighted by Crippen LogP contribution is 2.53. The summed E-state index contributed by atoms with van der Waals surface area (Å²) in [5.74, 6) is 0.843. The van der Waals surface area contributed by atoms with Crippen molar-refractivity contribution in [3.63, 3.8) is 0 Å². The molecule has 0 bridgehead atoms. The first-order chi connectivity index (χ1) is 20.5. The number of ether oxygens (including phenoxy) is 1. The Morgan fingerprint density at radius 1 is 0.595 bits per heavy atom. The molecule has 0 aliphatic carbocycles. The van der Waals surface area contributed by atoms with Gasteiger partial charge in [0.2, 0.25) is 0 Å². The van der Waals surface area contributed by atoms with Gasteiger partial charge in [0.1, 0.15) is 11.5 Å². The van der Waals surface area contributed by atoms with Gasteiger partial charge in [-0.2, -0.15) is 0 Å². The van der Waals surface area contributed by atoms with E-state index in [1.54, 1.807) is 18.2 Å². The van der Waals surface area contributed by atoms with Crippen molar-refractivity contribution >= 4 is 40.8 Å². The van der Waals surface area contributed by atoms with Crippen LogP contribution in [-0.2, 0) is 9.13 Å². The Hall–Kier alpha value is -4.42. The van der Waals surface area contributed by atoms with Crippen LogP contribution < -0.4 is 31.3 Å². The average Bonchev–Trinajstić information content (AvgIpc) is 3.07. The van der Waals surface area contributed by atoms with Crippen molar-refractivity contribution in [1.82, 2.24) is 0 Å². The predicted octanol–water partition coefficient (Wildman–Crippen LogP) is 7.69. The van der Waals surface area contributed by atoms with Gasteiger partial charge in [0.05, 0.1) is 5.30 Å². The Bertz CT molecular complexity index is 1720. The van der Waals surface area contributed by atoms with Crippen LogP contribution in [0.25, 0.3) is 0 Å². The Balaban J connectivity index is 1.74. The molecule has 5 aromatic rings. The van der Waals surface area contributed by atoms with Gasteiger partial charge in [-0.05, 0) is 25.1 Å². The zero-order valence-corrected chi connectivity index (χ0v) is 25.2. The Labute approximate surface area is 248 Å². The van der Waals surface area contributed by atoms with Crippen LogP contribution in [0.1, 0.15) is 6.92 Å². The van der Waals surface area contributed by atoms with Crippen molar-refractivity contribution in [3.05, 3.63) is 181 Å². The Morgan fingerprint density at radius 2 is 1.00 bits per heavy atom. The molecule has 0 radical (unpaired) electrons. The summed E-state index contributed by atoms with van der Waals surface area (Å²) in [6.07, 6.45) is 5.18. The lowest BCUT2D eigenvalue weighted by atomic mass is 10.3. The van der Waals surface area contributed by atoms with Gasteiger partial charge in [-0.3, -0.25) is 0 Å². The first kappa shape index (κ1) is 29.1. The third-order valence-corrected chi connectivity index (χ3v) is 13.4. The third-order valence-electron chi connectivity index (χ3n) is 7.12. The van der Waals surface area contributed by atoms with Crippen molar-refractivity contribution in [2.24, 2.45) is 0 Å². The molecule has 0 heterocycles. The zero-order chi connectivity index (χ0) is 29.4. The van der Waals surface area contributed by atoms with E-state index in [4.69, 9.17) is 4.74 Å². The second-order valence-corrected chi connectivity index (χ2v) is 15.3. The number of hydrogen-bond acceptors (Lipinski definition) is 3. The first-order valence-corrected chi connectivity index (χ1v) is 17.1. The normalized spacial score (nSPS) is 12.5.